The largest absolute Gasteiger partial charge is 0.389 e. The molecule has 0 unspecified atom stereocenters. The molecule has 0 saturated carbocycles. The Hall–Kier alpha value is -1.58. The summed E-state index contributed by atoms with van der Waals surface area (Å²) < 4.78 is 13.1. The molecule has 5 atom stereocenters. The molecule has 8 nitrogen and oxygen atoms in total. The van der Waals surface area contributed by atoms with Gasteiger partial charge in [-0.25, -0.2) is 9.97 Å². The predicted molar refractivity (Wildman–Crippen MR) is 79.6 cm³/mol. The van der Waals surface area contributed by atoms with Crippen LogP contribution in [0.4, 0.5) is 0 Å². The molecule has 9 heteroatoms. The van der Waals surface area contributed by atoms with Crippen LogP contribution in [-0.2, 0) is 16.0 Å². The highest BCUT2D eigenvalue weighted by atomic mass is 35.5. The molecule has 0 spiro atoms. The molecule has 4 heterocycles. The fraction of sp³-hybridized carbons (Fsp3) is 0.500. The minimum absolute atomic E-state index is 0.207. The molecule has 2 aromatic rings. The second-order valence-electron chi connectivity index (χ2n) is 5.65. The molecule has 0 aromatic carbocycles. The van der Waals surface area contributed by atoms with E-state index >= 15 is 0 Å². The van der Waals surface area contributed by atoms with Crippen molar-refractivity contribution in [1.29, 1.82) is 0 Å². The zero-order valence-corrected chi connectivity index (χ0v) is 12.9. The topological polar surface area (TPSA) is 94.3 Å². The molecule has 0 radical (unpaired) electrons. The number of ether oxygens (including phenoxy) is 2. The zero-order chi connectivity index (χ0) is 15.8. The Kier molecular flexibility index (Phi) is 4.00. The summed E-state index contributed by atoms with van der Waals surface area (Å²) in [5.74, 6) is 0. The second kappa shape index (κ2) is 6.14. The van der Waals surface area contributed by atoms with Crippen LogP contribution in [0.3, 0.4) is 0 Å². The van der Waals surface area contributed by atoms with E-state index in [2.05, 4.69) is 20.4 Å². The number of nitrogens with zero attached hydrogens (tertiary/aromatic N) is 4. The molecule has 122 valence electrons. The van der Waals surface area contributed by atoms with Crippen molar-refractivity contribution in [1.82, 2.24) is 25.1 Å². The Labute approximate surface area is 137 Å². The minimum atomic E-state index is -0.721. The van der Waals surface area contributed by atoms with Crippen LogP contribution in [0, 0.1) is 0 Å². The molecule has 2 aliphatic rings. The number of halogens is 1. The van der Waals surface area contributed by atoms with Gasteiger partial charge >= 0.3 is 0 Å². The van der Waals surface area contributed by atoms with Crippen LogP contribution in [0.1, 0.15) is 11.6 Å². The van der Waals surface area contributed by atoms with Gasteiger partial charge < -0.3 is 19.9 Å². The second-order valence-corrected chi connectivity index (χ2v) is 6.09. The van der Waals surface area contributed by atoms with E-state index in [0.29, 0.717) is 18.2 Å². The quantitative estimate of drug-likeness (QED) is 0.819. The third-order valence-corrected chi connectivity index (χ3v) is 4.36. The first-order valence-corrected chi connectivity index (χ1v) is 7.72. The maximum absolute atomic E-state index is 10.8. The van der Waals surface area contributed by atoms with Crippen molar-refractivity contribution in [3.63, 3.8) is 0 Å². The van der Waals surface area contributed by atoms with Gasteiger partial charge in [-0.1, -0.05) is 11.6 Å². The van der Waals surface area contributed by atoms with Crippen molar-refractivity contribution < 1.29 is 14.6 Å². The molecule has 23 heavy (non-hydrogen) atoms. The van der Waals surface area contributed by atoms with E-state index in [1.54, 1.807) is 23.3 Å². The van der Waals surface area contributed by atoms with Crippen molar-refractivity contribution in [3.8, 4) is 0 Å². The molecule has 2 fully saturated rings. The summed E-state index contributed by atoms with van der Waals surface area (Å²) in [6, 6.07) is -0.743. The number of fused-ring (bicyclic) bond motifs is 2. The van der Waals surface area contributed by atoms with Crippen LogP contribution in [0.5, 0.6) is 0 Å². The summed E-state index contributed by atoms with van der Waals surface area (Å²) >= 11 is 5.93. The third kappa shape index (κ3) is 2.84. The summed E-state index contributed by atoms with van der Waals surface area (Å²) in [4.78, 5) is 7.96. The zero-order valence-electron chi connectivity index (χ0n) is 12.1. The lowest BCUT2D eigenvalue weighted by molar-refractivity contribution is -0.168. The maximum Gasteiger partial charge on any atom is 0.183 e. The lowest BCUT2D eigenvalue weighted by Crippen LogP contribution is -2.57. The Bertz CT molecular complexity index is 669. The average molecular weight is 338 g/mol. The molecule has 4 rings (SSSR count). The first-order valence-electron chi connectivity index (χ1n) is 7.34. The normalized spacial score (nSPS) is 33.0. The summed E-state index contributed by atoms with van der Waals surface area (Å²) in [7, 11) is 0. The summed E-state index contributed by atoms with van der Waals surface area (Å²) in [6.45, 7) is 0.954. The smallest absolute Gasteiger partial charge is 0.183 e. The van der Waals surface area contributed by atoms with Crippen molar-refractivity contribution in [2.24, 2.45) is 0 Å². The van der Waals surface area contributed by atoms with Gasteiger partial charge in [0.15, 0.2) is 6.29 Å². The van der Waals surface area contributed by atoms with E-state index in [-0.39, 0.29) is 12.1 Å². The molecule has 2 aliphatic heterocycles. The molecule has 0 amide bonds. The van der Waals surface area contributed by atoms with E-state index in [0.717, 1.165) is 5.56 Å². The van der Waals surface area contributed by atoms with Gasteiger partial charge in [-0.3, -0.25) is 4.68 Å². The number of hydrogen-bond acceptors (Lipinski definition) is 7. The van der Waals surface area contributed by atoms with E-state index < -0.39 is 18.4 Å². The monoisotopic (exact) mass is 337 g/mol. The maximum atomic E-state index is 10.8. The van der Waals surface area contributed by atoms with Gasteiger partial charge in [-0.15, -0.1) is 0 Å². The number of hydrogen-bond donors (Lipinski definition) is 2. The molecule has 2 saturated heterocycles. The van der Waals surface area contributed by atoms with E-state index in [1.165, 1.54) is 12.5 Å². The van der Waals surface area contributed by atoms with Crippen LogP contribution in [-0.4, -0.2) is 56.0 Å². The third-order valence-electron chi connectivity index (χ3n) is 4.16. The SMILES string of the molecule is O[C@H]1[C@H](NCc2cncnc2)[C@H]2CO[C@H](O2)[C@@H]1n1cc(Cl)cn1. The van der Waals surface area contributed by atoms with E-state index in [1.807, 2.05) is 0 Å². The van der Waals surface area contributed by atoms with Gasteiger partial charge in [0.2, 0.25) is 0 Å². The van der Waals surface area contributed by atoms with Gasteiger partial charge in [-0.2, -0.15) is 5.10 Å². The Morgan fingerprint density at radius 1 is 1.35 bits per heavy atom. The van der Waals surface area contributed by atoms with E-state index in [4.69, 9.17) is 21.1 Å². The minimum Gasteiger partial charge on any atom is -0.389 e. The van der Waals surface area contributed by atoms with Gasteiger partial charge in [0.05, 0.1) is 30.0 Å². The van der Waals surface area contributed by atoms with Crippen molar-refractivity contribution in [3.05, 3.63) is 41.7 Å². The average Bonchev–Trinajstić information content (AvgIpc) is 3.17. The van der Waals surface area contributed by atoms with Crippen LogP contribution in [0.2, 0.25) is 5.02 Å². The van der Waals surface area contributed by atoms with Crippen molar-refractivity contribution >= 4 is 11.6 Å². The molecular weight excluding hydrogens is 322 g/mol. The van der Waals surface area contributed by atoms with Gasteiger partial charge in [0, 0.05) is 30.7 Å². The highest BCUT2D eigenvalue weighted by Gasteiger charge is 2.51. The van der Waals surface area contributed by atoms with Crippen molar-refractivity contribution in [2.75, 3.05) is 6.61 Å². The first-order chi connectivity index (χ1) is 11.2. The predicted octanol–water partition coefficient (Wildman–Crippen LogP) is 0.142. The Morgan fingerprint density at radius 2 is 2.17 bits per heavy atom. The molecule has 2 aromatic heterocycles. The van der Waals surface area contributed by atoms with Crippen molar-refractivity contribution in [2.45, 2.75) is 37.1 Å². The Morgan fingerprint density at radius 3 is 2.91 bits per heavy atom. The van der Waals surface area contributed by atoms with Gasteiger partial charge in [-0.05, 0) is 0 Å². The lowest BCUT2D eigenvalue weighted by Gasteiger charge is -2.38. The summed E-state index contributed by atoms with van der Waals surface area (Å²) in [6.07, 6.45) is 6.67. The first kappa shape index (κ1) is 15.0. The number of rotatable bonds is 4. The molecular formula is C14H16ClN5O3. The highest BCUT2D eigenvalue weighted by molar-refractivity contribution is 6.30. The fourth-order valence-corrected chi connectivity index (χ4v) is 3.21. The van der Waals surface area contributed by atoms with Crippen LogP contribution >= 0.6 is 11.6 Å². The van der Waals surface area contributed by atoms with E-state index in [9.17, 15) is 5.11 Å². The fourth-order valence-electron chi connectivity index (χ4n) is 3.07. The van der Waals surface area contributed by atoms with Gasteiger partial charge in [0.1, 0.15) is 18.5 Å². The summed E-state index contributed by atoms with van der Waals surface area (Å²) in [5.41, 5.74) is 0.930. The summed E-state index contributed by atoms with van der Waals surface area (Å²) in [5, 5.41) is 18.8. The Balaban J connectivity index is 1.52. The van der Waals surface area contributed by atoms with Gasteiger partial charge in [0.25, 0.3) is 0 Å². The number of nitrogens with one attached hydrogen (secondary N) is 1. The number of aromatic nitrogens is 4. The highest BCUT2D eigenvalue weighted by Crippen LogP contribution is 2.35. The molecule has 2 bridgehead atoms. The standard InChI is InChI=1S/C14H16ClN5O3/c15-9-4-19-20(5-9)12-13(21)11(10-6-22-14(12)23-10)18-3-8-1-16-7-17-2-8/h1-2,4-5,7,10-14,18,21H,3,6H2/t10-,11-,12-,13+,14-/m1/s1. The van der Waals surface area contributed by atoms with Crippen LogP contribution in [0.15, 0.2) is 31.1 Å². The molecule has 2 N–H and O–H groups in total. The van der Waals surface area contributed by atoms with Crippen LogP contribution < -0.4 is 5.32 Å². The number of aliphatic hydroxyl groups excluding tert-OH is 1. The lowest BCUT2D eigenvalue weighted by atomic mass is 9.96. The number of aliphatic hydroxyl groups is 1. The molecule has 0 aliphatic carbocycles. The van der Waals surface area contributed by atoms with Crippen LogP contribution in [0.25, 0.3) is 0 Å².